The van der Waals surface area contributed by atoms with E-state index in [0.717, 1.165) is 10.9 Å². The molecular weight excluding hydrogens is 554 g/mol. The van der Waals surface area contributed by atoms with E-state index in [-0.39, 0.29) is 17.1 Å². The number of H-pyrrole nitrogens is 1. The van der Waals surface area contributed by atoms with Crippen molar-refractivity contribution in [2.24, 2.45) is 0 Å². The Morgan fingerprint density at radius 1 is 1.24 bits per heavy atom. The van der Waals surface area contributed by atoms with Crippen LogP contribution in [-0.4, -0.2) is 91.7 Å². The lowest BCUT2D eigenvalue weighted by molar-refractivity contribution is -0.248. The summed E-state index contributed by atoms with van der Waals surface area (Å²) in [6.45, 7) is 9.18. The normalized spacial score (nSPS) is 26.6. The molecule has 1 saturated heterocycles. The number of nitrogens with two attached hydrogens (primary N) is 1. The number of aliphatic hydroxyl groups is 2. The highest BCUT2D eigenvalue weighted by atomic mass is 32.2. The number of hydrogen-bond acceptors (Lipinski definition) is 14. The van der Waals surface area contributed by atoms with Crippen LogP contribution in [0, 0.1) is 0 Å². The SMILES string of the molecule is CC(C)(C)[Si](C)(C)O[C@H]1[C@H](n2cnc3c(=O)[nH]c(N)nc32)O[C@H](C(O)OS(C)(=O)=O)[C@]1(O)OS(C)(=O)=O. The number of aromatic amines is 1. The molecule has 5 N–H and O–H groups in total. The summed E-state index contributed by atoms with van der Waals surface area (Å²) in [5.41, 5.74) is 4.68. The predicted octanol–water partition coefficient (Wildman–Crippen LogP) is -1.05. The minimum absolute atomic E-state index is 0.129. The van der Waals surface area contributed by atoms with Crippen molar-refractivity contribution in [3.63, 3.8) is 0 Å². The van der Waals surface area contributed by atoms with Gasteiger partial charge < -0.3 is 25.1 Å². The first-order chi connectivity index (χ1) is 16.6. The van der Waals surface area contributed by atoms with Crippen LogP contribution in [0.1, 0.15) is 27.0 Å². The van der Waals surface area contributed by atoms with Crippen LogP contribution in [0.5, 0.6) is 0 Å². The summed E-state index contributed by atoms with van der Waals surface area (Å²) in [6, 6.07) is 0. The smallest absolute Gasteiger partial charge is 0.280 e. The molecule has 0 amide bonds. The predicted molar refractivity (Wildman–Crippen MR) is 131 cm³/mol. The molecule has 2 aromatic heterocycles. The highest BCUT2D eigenvalue weighted by molar-refractivity contribution is 7.86. The van der Waals surface area contributed by atoms with Crippen LogP contribution in [0.25, 0.3) is 11.2 Å². The van der Waals surface area contributed by atoms with Crippen LogP contribution < -0.4 is 11.3 Å². The number of nitrogens with zero attached hydrogens (tertiary/aromatic N) is 3. The van der Waals surface area contributed by atoms with Crippen LogP contribution >= 0.6 is 0 Å². The highest BCUT2D eigenvalue weighted by Crippen LogP contribution is 2.47. The minimum atomic E-state index is -4.47. The van der Waals surface area contributed by atoms with Gasteiger partial charge in [0.1, 0.15) is 6.10 Å². The number of fused-ring (bicyclic) bond motifs is 1. The lowest BCUT2D eigenvalue weighted by Gasteiger charge is -2.42. The Morgan fingerprint density at radius 2 is 1.84 bits per heavy atom. The Hall–Kier alpha value is -1.97. The van der Waals surface area contributed by atoms with Crippen molar-refractivity contribution in [2.45, 2.75) is 69.4 Å². The van der Waals surface area contributed by atoms with Gasteiger partial charge in [-0.05, 0) is 18.1 Å². The number of ether oxygens (including phenoxy) is 1. The molecule has 1 aliphatic heterocycles. The first kappa shape index (κ1) is 29.6. The zero-order valence-corrected chi connectivity index (χ0v) is 23.8. The standard InChI is InChI=1S/C18H31N5O11S2Si/c1-17(2,3)37(6,7)33-10-14(23-8-20-9-12(23)21-16(19)22-13(9)24)31-11(15(25)32-35(4,27)28)18(10,26)34-36(5,29)30/h8,10-11,14-15,25-26H,1-7H3,(H3,19,21,22,24)/t10-,11+,14+,15?,18+/m0/s1. The second-order valence-corrected chi connectivity index (χ2v) is 18.2. The van der Waals surface area contributed by atoms with Crippen molar-refractivity contribution in [3.05, 3.63) is 16.7 Å². The molecule has 0 saturated carbocycles. The summed E-state index contributed by atoms with van der Waals surface area (Å²) in [5, 5.41) is 21.8. The third kappa shape index (κ3) is 6.04. The zero-order valence-electron chi connectivity index (χ0n) is 21.2. The number of nitrogens with one attached hydrogen (secondary N) is 1. The Kier molecular flexibility index (Phi) is 7.47. The number of aliphatic hydroxyl groups excluding tert-OH is 1. The molecule has 1 fully saturated rings. The minimum Gasteiger partial charge on any atom is -0.404 e. The summed E-state index contributed by atoms with van der Waals surface area (Å²) < 4.78 is 70.7. The summed E-state index contributed by atoms with van der Waals surface area (Å²) in [7, 11) is -11.7. The first-order valence-corrected chi connectivity index (χ1v) is 17.3. The molecule has 0 aromatic carbocycles. The van der Waals surface area contributed by atoms with Crippen LogP contribution in [0.2, 0.25) is 18.1 Å². The molecule has 37 heavy (non-hydrogen) atoms. The number of aromatic nitrogens is 4. The Bertz CT molecular complexity index is 1450. The van der Waals surface area contributed by atoms with Gasteiger partial charge in [0.15, 0.2) is 31.8 Å². The van der Waals surface area contributed by atoms with Crippen LogP contribution in [0.15, 0.2) is 11.1 Å². The average Bonchev–Trinajstić information content (AvgIpc) is 3.17. The van der Waals surface area contributed by atoms with Gasteiger partial charge in [0.2, 0.25) is 18.0 Å². The molecule has 0 aliphatic carbocycles. The fraction of sp³-hybridized carbons (Fsp3) is 0.722. The molecule has 2 aromatic rings. The van der Waals surface area contributed by atoms with Gasteiger partial charge >= 0.3 is 0 Å². The number of hydrogen-bond donors (Lipinski definition) is 4. The molecule has 5 atom stereocenters. The van der Waals surface area contributed by atoms with Crippen molar-refractivity contribution in [2.75, 3.05) is 18.2 Å². The zero-order chi connectivity index (χ0) is 28.4. The molecule has 0 spiro atoms. The fourth-order valence-corrected chi connectivity index (χ4v) is 5.91. The molecule has 3 heterocycles. The van der Waals surface area contributed by atoms with E-state index in [1.165, 1.54) is 0 Å². The maximum absolute atomic E-state index is 12.3. The van der Waals surface area contributed by atoms with Gasteiger partial charge in [-0.15, -0.1) is 0 Å². The van der Waals surface area contributed by atoms with Crippen LogP contribution in [-0.2, 0) is 37.8 Å². The van der Waals surface area contributed by atoms with Gasteiger partial charge in [-0.25, -0.2) is 13.4 Å². The third-order valence-corrected chi connectivity index (χ3v) is 11.7. The Morgan fingerprint density at radius 3 is 2.35 bits per heavy atom. The second kappa shape index (κ2) is 9.34. The summed E-state index contributed by atoms with van der Waals surface area (Å²) >= 11 is 0. The highest BCUT2D eigenvalue weighted by Gasteiger charge is 2.65. The largest absolute Gasteiger partial charge is 0.404 e. The van der Waals surface area contributed by atoms with Gasteiger partial charge in [0, 0.05) is 0 Å². The summed E-state index contributed by atoms with van der Waals surface area (Å²) in [6.07, 6.45) is -5.50. The van der Waals surface area contributed by atoms with E-state index in [1.807, 2.05) is 20.8 Å². The maximum Gasteiger partial charge on any atom is 0.280 e. The molecule has 0 bridgehead atoms. The lowest BCUT2D eigenvalue weighted by Crippen LogP contribution is -2.59. The first-order valence-electron chi connectivity index (χ1n) is 10.8. The molecule has 1 aliphatic rings. The Labute approximate surface area is 214 Å². The molecule has 19 heteroatoms. The van der Waals surface area contributed by atoms with E-state index in [0.29, 0.717) is 12.5 Å². The fourth-order valence-electron chi connectivity index (χ4n) is 3.50. The van der Waals surface area contributed by atoms with E-state index < -0.39 is 69.7 Å². The summed E-state index contributed by atoms with van der Waals surface area (Å²) in [5.74, 6) is -3.29. The van der Waals surface area contributed by atoms with E-state index in [9.17, 15) is 31.8 Å². The van der Waals surface area contributed by atoms with Gasteiger partial charge in [0.05, 0.1) is 18.8 Å². The average molecular weight is 586 g/mol. The van der Waals surface area contributed by atoms with Crippen LogP contribution in [0.3, 0.4) is 0 Å². The topological polar surface area (TPSA) is 235 Å². The number of anilines is 1. The second-order valence-electron chi connectivity index (χ2n) is 10.3. The molecular formula is C18H31N5O11S2Si. The van der Waals surface area contributed by atoms with Crippen molar-refractivity contribution in [3.8, 4) is 0 Å². The van der Waals surface area contributed by atoms with Crippen molar-refractivity contribution < 1.29 is 44.6 Å². The maximum atomic E-state index is 12.3. The third-order valence-electron chi connectivity index (χ3n) is 6.13. The van der Waals surface area contributed by atoms with E-state index in [1.54, 1.807) is 13.1 Å². The molecule has 0 radical (unpaired) electrons. The Balaban J connectivity index is 2.28. The number of imidazole rings is 1. The van der Waals surface area contributed by atoms with E-state index >= 15 is 0 Å². The van der Waals surface area contributed by atoms with Gasteiger partial charge in [0.25, 0.3) is 25.8 Å². The molecule has 210 valence electrons. The van der Waals surface area contributed by atoms with Crippen molar-refractivity contribution in [1.82, 2.24) is 19.5 Å². The van der Waals surface area contributed by atoms with E-state index in [2.05, 4.69) is 19.1 Å². The lowest BCUT2D eigenvalue weighted by atomic mass is 10.1. The molecule has 3 rings (SSSR count). The monoisotopic (exact) mass is 585 g/mol. The number of nitrogen functional groups attached to an aromatic ring is 1. The molecule has 1 unspecified atom stereocenters. The van der Waals surface area contributed by atoms with Crippen LogP contribution in [0.4, 0.5) is 5.95 Å². The quantitative estimate of drug-likeness (QED) is 0.164. The van der Waals surface area contributed by atoms with Gasteiger partial charge in [-0.2, -0.15) is 21.8 Å². The van der Waals surface area contributed by atoms with E-state index in [4.69, 9.17) is 19.1 Å². The van der Waals surface area contributed by atoms with Gasteiger partial charge in [-0.3, -0.25) is 14.3 Å². The summed E-state index contributed by atoms with van der Waals surface area (Å²) in [4.78, 5) is 22.6. The molecule has 16 nitrogen and oxygen atoms in total. The van der Waals surface area contributed by atoms with Crippen molar-refractivity contribution in [1.29, 1.82) is 0 Å². The number of rotatable bonds is 8. The van der Waals surface area contributed by atoms with Crippen molar-refractivity contribution >= 4 is 45.7 Å². The van der Waals surface area contributed by atoms with Gasteiger partial charge in [-0.1, -0.05) is 20.8 Å².